The highest BCUT2D eigenvalue weighted by Crippen LogP contribution is 2.11. The van der Waals surface area contributed by atoms with Crippen LogP contribution < -0.4 is 5.32 Å². The summed E-state index contributed by atoms with van der Waals surface area (Å²) in [5, 5.41) is 2.94. The molecule has 4 nitrogen and oxygen atoms in total. The molecule has 0 aromatic heterocycles. The van der Waals surface area contributed by atoms with Gasteiger partial charge < -0.3 is 10.2 Å². The third kappa shape index (κ3) is 2.32. The average Bonchev–Trinajstić information content (AvgIpc) is 2.47. The van der Waals surface area contributed by atoms with Gasteiger partial charge in [-0.1, -0.05) is 13.8 Å². The number of nitrogens with one attached hydrogen (secondary N) is 1. The molecule has 1 atom stereocenters. The lowest BCUT2D eigenvalue weighted by Crippen LogP contribution is -2.39. The monoisotopic (exact) mass is 198 g/mol. The molecule has 0 aromatic rings. The second-order valence-corrected chi connectivity index (χ2v) is 4.01. The third-order valence-electron chi connectivity index (χ3n) is 2.64. The zero-order chi connectivity index (χ0) is 10.7. The first-order valence-corrected chi connectivity index (χ1v) is 5.05. The summed E-state index contributed by atoms with van der Waals surface area (Å²) in [6.45, 7) is 4.69. The van der Waals surface area contributed by atoms with Crippen LogP contribution in [0.5, 0.6) is 0 Å². The Morgan fingerprint density at radius 1 is 1.64 bits per heavy atom. The van der Waals surface area contributed by atoms with Gasteiger partial charge in [-0.2, -0.15) is 0 Å². The van der Waals surface area contributed by atoms with Crippen LogP contribution in [0.25, 0.3) is 0 Å². The molecule has 14 heavy (non-hydrogen) atoms. The normalized spacial score (nSPS) is 22.1. The topological polar surface area (TPSA) is 49.4 Å². The van der Waals surface area contributed by atoms with E-state index in [0.717, 1.165) is 6.42 Å². The van der Waals surface area contributed by atoms with Crippen molar-refractivity contribution in [3.05, 3.63) is 0 Å². The van der Waals surface area contributed by atoms with Crippen molar-refractivity contribution >= 4 is 11.7 Å². The molecule has 1 amide bonds. The minimum atomic E-state index is -0.0880. The van der Waals surface area contributed by atoms with Gasteiger partial charge in [-0.3, -0.25) is 9.59 Å². The Balaban J connectivity index is 2.48. The average molecular weight is 198 g/mol. The molecule has 0 radical (unpaired) electrons. The van der Waals surface area contributed by atoms with Crippen molar-refractivity contribution < 1.29 is 9.59 Å². The number of likely N-dealkylation sites (N-methyl/N-ethyl adjacent to an activating group) is 1. The number of nitrogens with zero attached hydrogens (tertiary/aromatic N) is 1. The predicted molar refractivity (Wildman–Crippen MR) is 53.9 cm³/mol. The molecule has 1 saturated heterocycles. The first-order valence-electron chi connectivity index (χ1n) is 5.05. The van der Waals surface area contributed by atoms with Crippen molar-refractivity contribution in [3.8, 4) is 0 Å². The van der Waals surface area contributed by atoms with Crippen LogP contribution in [0.4, 0.5) is 0 Å². The highest BCUT2D eigenvalue weighted by atomic mass is 16.2. The number of carbonyl (C=O) groups is 2. The molecule has 1 rings (SSSR count). The highest BCUT2D eigenvalue weighted by molar-refractivity contribution is 5.90. The van der Waals surface area contributed by atoms with E-state index in [1.165, 1.54) is 0 Å². The van der Waals surface area contributed by atoms with Gasteiger partial charge in [-0.15, -0.1) is 0 Å². The van der Waals surface area contributed by atoms with E-state index in [1.54, 1.807) is 11.9 Å². The van der Waals surface area contributed by atoms with Crippen LogP contribution in [0.1, 0.15) is 20.3 Å². The van der Waals surface area contributed by atoms with Crippen LogP contribution >= 0.6 is 0 Å². The Morgan fingerprint density at radius 2 is 2.29 bits per heavy atom. The summed E-state index contributed by atoms with van der Waals surface area (Å²) in [6, 6.07) is -0.0880. The van der Waals surface area contributed by atoms with Gasteiger partial charge >= 0.3 is 0 Å². The molecule has 1 aliphatic heterocycles. The molecule has 0 unspecified atom stereocenters. The lowest BCUT2D eigenvalue weighted by molar-refractivity contribution is -0.134. The SMILES string of the molecule is CN[C@@H]1CCN(CC(=O)C(C)C)C1=O. The van der Waals surface area contributed by atoms with E-state index in [0.29, 0.717) is 6.54 Å². The van der Waals surface area contributed by atoms with Crippen LogP contribution in [0.2, 0.25) is 0 Å². The number of hydrogen-bond donors (Lipinski definition) is 1. The maximum atomic E-state index is 11.6. The molecular formula is C10H18N2O2. The summed E-state index contributed by atoms with van der Waals surface area (Å²) >= 11 is 0. The van der Waals surface area contributed by atoms with Crippen LogP contribution in [-0.4, -0.2) is 42.8 Å². The van der Waals surface area contributed by atoms with Crippen LogP contribution in [0.3, 0.4) is 0 Å². The predicted octanol–water partition coefficient (Wildman–Crippen LogP) is 0.0318. The van der Waals surface area contributed by atoms with Gasteiger partial charge in [0.15, 0.2) is 5.78 Å². The molecule has 1 fully saturated rings. The van der Waals surface area contributed by atoms with Gasteiger partial charge in [0.25, 0.3) is 0 Å². The van der Waals surface area contributed by atoms with Gasteiger partial charge in [-0.05, 0) is 13.5 Å². The number of likely N-dealkylation sites (tertiary alicyclic amines) is 1. The summed E-state index contributed by atoms with van der Waals surface area (Å²) in [5.74, 6) is 0.202. The van der Waals surface area contributed by atoms with Crippen molar-refractivity contribution in [2.45, 2.75) is 26.3 Å². The Hall–Kier alpha value is -0.900. The minimum Gasteiger partial charge on any atom is -0.334 e. The second kappa shape index (κ2) is 4.55. The summed E-state index contributed by atoms with van der Waals surface area (Å²) in [6.07, 6.45) is 0.806. The van der Waals surface area contributed by atoms with Crippen molar-refractivity contribution in [2.75, 3.05) is 20.1 Å². The van der Waals surface area contributed by atoms with Crippen LogP contribution in [0, 0.1) is 5.92 Å². The Bertz CT molecular complexity index is 238. The fourth-order valence-electron chi connectivity index (χ4n) is 1.53. The lowest BCUT2D eigenvalue weighted by atomic mass is 10.1. The molecule has 1 N–H and O–H groups in total. The van der Waals surface area contributed by atoms with E-state index in [-0.39, 0.29) is 30.2 Å². The number of Topliss-reactive ketones (excluding diaryl/α,β-unsaturated/α-hetero) is 1. The van der Waals surface area contributed by atoms with Crippen LogP contribution in [-0.2, 0) is 9.59 Å². The molecule has 1 aliphatic rings. The lowest BCUT2D eigenvalue weighted by Gasteiger charge is -2.16. The summed E-state index contributed by atoms with van der Waals surface area (Å²) in [4.78, 5) is 24.7. The van der Waals surface area contributed by atoms with E-state index >= 15 is 0 Å². The molecule has 0 bridgehead atoms. The zero-order valence-corrected chi connectivity index (χ0v) is 9.04. The van der Waals surface area contributed by atoms with Gasteiger partial charge in [0, 0.05) is 12.5 Å². The first kappa shape index (κ1) is 11.2. The highest BCUT2D eigenvalue weighted by Gasteiger charge is 2.31. The number of hydrogen-bond acceptors (Lipinski definition) is 3. The number of rotatable bonds is 4. The Kier molecular flexibility index (Phi) is 3.63. The van der Waals surface area contributed by atoms with E-state index in [2.05, 4.69) is 5.32 Å². The van der Waals surface area contributed by atoms with Gasteiger partial charge in [0.05, 0.1) is 12.6 Å². The molecular weight excluding hydrogens is 180 g/mol. The zero-order valence-electron chi connectivity index (χ0n) is 9.04. The minimum absolute atomic E-state index is 0.0106. The molecule has 4 heteroatoms. The van der Waals surface area contributed by atoms with Gasteiger partial charge in [0.2, 0.25) is 5.91 Å². The molecule has 0 spiro atoms. The van der Waals surface area contributed by atoms with Crippen molar-refractivity contribution in [1.82, 2.24) is 10.2 Å². The molecule has 80 valence electrons. The van der Waals surface area contributed by atoms with Gasteiger partial charge in [-0.25, -0.2) is 0 Å². The Labute approximate surface area is 84.7 Å². The number of amides is 1. The molecule has 0 aliphatic carbocycles. The van der Waals surface area contributed by atoms with Crippen LogP contribution in [0.15, 0.2) is 0 Å². The smallest absolute Gasteiger partial charge is 0.240 e. The summed E-state index contributed by atoms with van der Waals surface area (Å²) in [7, 11) is 1.77. The van der Waals surface area contributed by atoms with Crippen molar-refractivity contribution in [1.29, 1.82) is 0 Å². The maximum absolute atomic E-state index is 11.6. The number of carbonyl (C=O) groups excluding carboxylic acids is 2. The largest absolute Gasteiger partial charge is 0.334 e. The summed E-state index contributed by atoms with van der Waals surface area (Å²) in [5.41, 5.74) is 0. The van der Waals surface area contributed by atoms with E-state index < -0.39 is 0 Å². The van der Waals surface area contributed by atoms with Gasteiger partial charge in [0.1, 0.15) is 0 Å². The van der Waals surface area contributed by atoms with E-state index in [1.807, 2.05) is 13.8 Å². The first-order chi connectivity index (χ1) is 6.56. The molecule has 0 saturated carbocycles. The standard InChI is InChI=1S/C10H18N2O2/c1-7(2)9(13)6-12-5-4-8(11-3)10(12)14/h7-8,11H,4-6H2,1-3H3/t8-/m1/s1. The fraction of sp³-hybridized carbons (Fsp3) is 0.800. The quantitative estimate of drug-likeness (QED) is 0.693. The fourth-order valence-corrected chi connectivity index (χ4v) is 1.53. The molecule has 1 heterocycles. The third-order valence-corrected chi connectivity index (χ3v) is 2.64. The number of ketones is 1. The molecule has 0 aromatic carbocycles. The maximum Gasteiger partial charge on any atom is 0.240 e. The second-order valence-electron chi connectivity index (χ2n) is 4.01. The van der Waals surface area contributed by atoms with E-state index in [4.69, 9.17) is 0 Å². The Morgan fingerprint density at radius 3 is 2.71 bits per heavy atom. The van der Waals surface area contributed by atoms with Crippen molar-refractivity contribution in [3.63, 3.8) is 0 Å². The van der Waals surface area contributed by atoms with Crippen molar-refractivity contribution in [2.24, 2.45) is 5.92 Å². The summed E-state index contributed by atoms with van der Waals surface area (Å²) < 4.78 is 0. The van der Waals surface area contributed by atoms with E-state index in [9.17, 15) is 9.59 Å².